The minimum Gasteiger partial charge on any atom is -0.367 e. The number of amides is 1. The Morgan fingerprint density at radius 3 is 2.50 bits per heavy atom. The van der Waals surface area contributed by atoms with Crippen LogP contribution in [0, 0.1) is 0 Å². The number of carbonyl (C=O) groups excluding carboxylic acids is 1. The maximum atomic E-state index is 12.4. The molecule has 0 unspecified atom stereocenters. The first-order chi connectivity index (χ1) is 11.6. The molecule has 24 heavy (non-hydrogen) atoms. The summed E-state index contributed by atoms with van der Waals surface area (Å²) in [5.74, 6) is 0.974. The van der Waals surface area contributed by atoms with E-state index >= 15 is 0 Å². The SMILES string of the molecule is CC(C)c1ccc(NC(=O)c2cc(NC3CCCC3)ncn2)cc1. The molecule has 1 aromatic heterocycles. The molecule has 1 aliphatic carbocycles. The van der Waals surface area contributed by atoms with Gasteiger partial charge in [0.2, 0.25) is 0 Å². The van der Waals surface area contributed by atoms with Crippen LogP contribution in [-0.2, 0) is 0 Å². The first kappa shape index (κ1) is 16.4. The van der Waals surface area contributed by atoms with Gasteiger partial charge in [0.1, 0.15) is 17.8 Å². The minimum absolute atomic E-state index is 0.218. The molecule has 1 aromatic carbocycles. The molecular formula is C19H24N4O. The molecule has 1 aliphatic rings. The number of hydrogen-bond acceptors (Lipinski definition) is 4. The average molecular weight is 324 g/mol. The number of anilines is 2. The predicted octanol–water partition coefficient (Wildman–Crippen LogP) is 4.21. The maximum absolute atomic E-state index is 12.4. The highest BCUT2D eigenvalue weighted by Gasteiger charge is 2.16. The Bertz CT molecular complexity index is 691. The first-order valence-corrected chi connectivity index (χ1v) is 8.62. The van der Waals surface area contributed by atoms with Crippen molar-refractivity contribution in [2.24, 2.45) is 0 Å². The quantitative estimate of drug-likeness (QED) is 0.864. The summed E-state index contributed by atoms with van der Waals surface area (Å²) in [6, 6.07) is 10.1. The van der Waals surface area contributed by atoms with E-state index in [1.54, 1.807) is 6.07 Å². The molecule has 1 saturated carbocycles. The topological polar surface area (TPSA) is 66.9 Å². The van der Waals surface area contributed by atoms with Crippen molar-refractivity contribution >= 4 is 17.4 Å². The first-order valence-electron chi connectivity index (χ1n) is 8.62. The van der Waals surface area contributed by atoms with Crippen LogP contribution in [0.3, 0.4) is 0 Å². The van der Waals surface area contributed by atoms with Crippen LogP contribution >= 0.6 is 0 Å². The van der Waals surface area contributed by atoms with E-state index in [9.17, 15) is 4.79 Å². The van der Waals surface area contributed by atoms with Crippen molar-refractivity contribution in [3.05, 3.63) is 47.9 Å². The van der Waals surface area contributed by atoms with Gasteiger partial charge in [0.25, 0.3) is 5.91 Å². The Balaban J connectivity index is 1.65. The summed E-state index contributed by atoms with van der Waals surface area (Å²) in [7, 11) is 0. The van der Waals surface area contributed by atoms with Crippen molar-refractivity contribution < 1.29 is 4.79 Å². The van der Waals surface area contributed by atoms with Gasteiger partial charge >= 0.3 is 0 Å². The summed E-state index contributed by atoms with van der Waals surface area (Å²) >= 11 is 0. The van der Waals surface area contributed by atoms with Gasteiger partial charge in [0.05, 0.1) is 0 Å². The molecule has 1 amide bonds. The Kier molecular flexibility index (Phi) is 5.08. The third kappa shape index (κ3) is 4.10. The number of carbonyl (C=O) groups is 1. The normalized spacial score (nSPS) is 14.8. The highest BCUT2D eigenvalue weighted by molar-refractivity contribution is 6.03. The third-order valence-electron chi connectivity index (χ3n) is 4.44. The van der Waals surface area contributed by atoms with E-state index in [1.807, 2.05) is 24.3 Å². The Morgan fingerprint density at radius 1 is 1.12 bits per heavy atom. The smallest absolute Gasteiger partial charge is 0.274 e. The molecule has 1 heterocycles. The molecule has 0 bridgehead atoms. The second-order valence-corrected chi connectivity index (χ2v) is 6.65. The molecule has 0 atom stereocenters. The molecule has 0 radical (unpaired) electrons. The monoisotopic (exact) mass is 324 g/mol. The van der Waals surface area contributed by atoms with Crippen LogP contribution in [0.5, 0.6) is 0 Å². The summed E-state index contributed by atoms with van der Waals surface area (Å²) in [4.78, 5) is 20.7. The standard InChI is InChI=1S/C19H24N4O/c1-13(2)14-7-9-16(10-8-14)23-19(24)17-11-18(21-12-20-17)22-15-5-3-4-6-15/h7-13,15H,3-6H2,1-2H3,(H,23,24)(H,20,21,22). The lowest BCUT2D eigenvalue weighted by atomic mass is 10.0. The fourth-order valence-electron chi connectivity index (χ4n) is 2.99. The lowest BCUT2D eigenvalue weighted by Crippen LogP contribution is -2.18. The summed E-state index contributed by atoms with van der Waals surface area (Å²) in [5, 5.41) is 6.28. The van der Waals surface area contributed by atoms with E-state index in [-0.39, 0.29) is 5.91 Å². The molecule has 3 rings (SSSR count). The highest BCUT2D eigenvalue weighted by Crippen LogP contribution is 2.22. The summed E-state index contributed by atoms with van der Waals surface area (Å²) in [6.07, 6.45) is 6.26. The van der Waals surface area contributed by atoms with Crippen molar-refractivity contribution in [2.75, 3.05) is 10.6 Å². The molecule has 2 aromatic rings. The predicted molar refractivity (Wildman–Crippen MR) is 96.4 cm³/mol. The Hall–Kier alpha value is -2.43. The number of hydrogen-bond donors (Lipinski definition) is 2. The number of rotatable bonds is 5. The maximum Gasteiger partial charge on any atom is 0.274 e. The third-order valence-corrected chi connectivity index (χ3v) is 4.44. The van der Waals surface area contributed by atoms with Crippen LogP contribution in [0.2, 0.25) is 0 Å². The summed E-state index contributed by atoms with van der Waals surface area (Å²) in [5.41, 5.74) is 2.39. The molecule has 5 nitrogen and oxygen atoms in total. The number of nitrogens with zero attached hydrogens (tertiary/aromatic N) is 2. The minimum atomic E-state index is -0.218. The molecule has 126 valence electrons. The molecular weight excluding hydrogens is 300 g/mol. The molecule has 0 saturated heterocycles. The molecule has 2 N–H and O–H groups in total. The van der Waals surface area contributed by atoms with Crippen LogP contribution in [0.4, 0.5) is 11.5 Å². The number of nitrogens with one attached hydrogen (secondary N) is 2. The van der Waals surface area contributed by atoms with Crippen molar-refractivity contribution in [3.8, 4) is 0 Å². The van der Waals surface area contributed by atoms with Gasteiger partial charge in [-0.25, -0.2) is 9.97 Å². The van der Waals surface area contributed by atoms with Crippen molar-refractivity contribution in [3.63, 3.8) is 0 Å². The van der Waals surface area contributed by atoms with Crippen LogP contribution in [-0.4, -0.2) is 21.9 Å². The van der Waals surface area contributed by atoms with Gasteiger partial charge in [0, 0.05) is 17.8 Å². The van der Waals surface area contributed by atoms with E-state index in [4.69, 9.17) is 0 Å². The molecule has 0 spiro atoms. The zero-order chi connectivity index (χ0) is 16.9. The van der Waals surface area contributed by atoms with E-state index in [2.05, 4.69) is 34.4 Å². The van der Waals surface area contributed by atoms with E-state index in [0.29, 0.717) is 17.7 Å². The Morgan fingerprint density at radius 2 is 1.83 bits per heavy atom. The van der Waals surface area contributed by atoms with Crippen molar-refractivity contribution in [1.82, 2.24) is 9.97 Å². The van der Waals surface area contributed by atoms with Crippen LogP contribution < -0.4 is 10.6 Å². The summed E-state index contributed by atoms with van der Waals surface area (Å²) in [6.45, 7) is 4.29. The van der Waals surface area contributed by atoms with Gasteiger partial charge in [0.15, 0.2) is 0 Å². The molecule has 0 aliphatic heterocycles. The van der Waals surface area contributed by atoms with Crippen LogP contribution in [0.25, 0.3) is 0 Å². The second-order valence-electron chi connectivity index (χ2n) is 6.65. The zero-order valence-electron chi connectivity index (χ0n) is 14.2. The lowest BCUT2D eigenvalue weighted by Gasteiger charge is -2.13. The lowest BCUT2D eigenvalue weighted by molar-refractivity contribution is 0.102. The van der Waals surface area contributed by atoms with E-state index in [1.165, 1.54) is 24.7 Å². The van der Waals surface area contributed by atoms with Gasteiger partial charge in [-0.15, -0.1) is 0 Å². The molecule has 5 heteroatoms. The molecule has 1 fully saturated rings. The van der Waals surface area contributed by atoms with E-state index < -0.39 is 0 Å². The van der Waals surface area contributed by atoms with Crippen molar-refractivity contribution in [1.29, 1.82) is 0 Å². The average Bonchev–Trinajstić information content (AvgIpc) is 3.08. The van der Waals surface area contributed by atoms with Gasteiger partial charge in [-0.05, 0) is 36.5 Å². The summed E-state index contributed by atoms with van der Waals surface area (Å²) < 4.78 is 0. The number of benzene rings is 1. The number of aromatic nitrogens is 2. The van der Waals surface area contributed by atoms with Gasteiger partial charge in [-0.1, -0.05) is 38.8 Å². The van der Waals surface area contributed by atoms with Gasteiger partial charge in [-0.2, -0.15) is 0 Å². The van der Waals surface area contributed by atoms with Crippen molar-refractivity contribution in [2.45, 2.75) is 51.5 Å². The van der Waals surface area contributed by atoms with Crippen LogP contribution in [0.15, 0.2) is 36.7 Å². The van der Waals surface area contributed by atoms with E-state index in [0.717, 1.165) is 24.3 Å². The largest absolute Gasteiger partial charge is 0.367 e. The van der Waals surface area contributed by atoms with Gasteiger partial charge < -0.3 is 10.6 Å². The Labute approximate surface area is 142 Å². The van der Waals surface area contributed by atoms with Gasteiger partial charge in [-0.3, -0.25) is 4.79 Å². The highest BCUT2D eigenvalue weighted by atomic mass is 16.1. The zero-order valence-corrected chi connectivity index (χ0v) is 14.2. The fraction of sp³-hybridized carbons (Fsp3) is 0.421. The second kappa shape index (κ2) is 7.43. The van der Waals surface area contributed by atoms with Crippen LogP contribution in [0.1, 0.15) is 61.5 Å². The fourth-order valence-corrected chi connectivity index (χ4v) is 2.99.